The van der Waals surface area contributed by atoms with Crippen LogP contribution in [0.3, 0.4) is 0 Å². The minimum atomic E-state index is -3.81. The number of hydrogen-bond acceptors (Lipinski definition) is 6. The largest absolute Gasteiger partial charge is 0.490 e. The fourth-order valence-electron chi connectivity index (χ4n) is 3.25. The summed E-state index contributed by atoms with van der Waals surface area (Å²) >= 11 is 0. The second-order valence-electron chi connectivity index (χ2n) is 7.56. The van der Waals surface area contributed by atoms with Crippen LogP contribution in [0.5, 0.6) is 11.5 Å². The molecule has 9 heteroatoms. The Balaban J connectivity index is 1.39. The lowest BCUT2D eigenvalue weighted by Crippen LogP contribution is -2.31. The molecule has 0 bridgehead atoms. The average Bonchev–Trinajstić information content (AvgIpc) is 3.06. The Labute approximate surface area is 193 Å². The van der Waals surface area contributed by atoms with Gasteiger partial charge in [0.05, 0.1) is 18.1 Å². The predicted octanol–water partition coefficient (Wildman–Crippen LogP) is 4.09. The van der Waals surface area contributed by atoms with Crippen molar-refractivity contribution in [2.75, 3.05) is 28.6 Å². The van der Waals surface area contributed by atoms with Crippen molar-refractivity contribution < 1.29 is 22.7 Å². The molecule has 0 spiro atoms. The molecule has 1 amide bonds. The highest BCUT2D eigenvalue weighted by Gasteiger charge is 2.19. The van der Waals surface area contributed by atoms with E-state index >= 15 is 0 Å². The molecule has 1 aliphatic rings. The van der Waals surface area contributed by atoms with Crippen molar-refractivity contribution in [2.45, 2.75) is 24.3 Å². The van der Waals surface area contributed by atoms with Crippen molar-refractivity contribution >= 4 is 33.0 Å². The number of para-hydroxylation sites is 1. The number of hydrogen-bond donors (Lipinski definition) is 3. The zero-order valence-electron chi connectivity index (χ0n) is 18.1. The number of rotatable bonds is 7. The summed E-state index contributed by atoms with van der Waals surface area (Å²) in [6, 6.07) is 19.9. The average molecular weight is 468 g/mol. The van der Waals surface area contributed by atoms with Crippen LogP contribution in [0.1, 0.15) is 13.3 Å². The van der Waals surface area contributed by atoms with Gasteiger partial charge in [0.25, 0.3) is 10.0 Å². The van der Waals surface area contributed by atoms with Crippen LogP contribution in [0, 0.1) is 0 Å². The Morgan fingerprint density at radius 2 is 1.52 bits per heavy atom. The minimum Gasteiger partial charge on any atom is -0.490 e. The summed E-state index contributed by atoms with van der Waals surface area (Å²) in [6.45, 7) is 2.75. The molecule has 33 heavy (non-hydrogen) atoms. The third-order valence-electron chi connectivity index (χ3n) is 4.98. The Bertz CT molecular complexity index is 1210. The fourth-order valence-corrected chi connectivity index (χ4v) is 4.32. The molecule has 0 saturated heterocycles. The summed E-state index contributed by atoms with van der Waals surface area (Å²) in [7, 11) is -3.81. The Morgan fingerprint density at radius 3 is 2.24 bits per heavy atom. The molecule has 0 radical (unpaired) electrons. The molecule has 1 heterocycles. The van der Waals surface area contributed by atoms with Crippen molar-refractivity contribution in [1.29, 1.82) is 0 Å². The first kappa shape index (κ1) is 22.5. The summed E-state index contributed by atoms with van der Waals surface area (Å²) < 4.78 is 39.3. The van der Waals surface area contributed by atoms with E-state index in [0.717, 1.165) is 12.1 Å². The van der Waals surface area contributed by atoms with Crippen molar-refractivity contribution in [2.24, 2.45) is 0 Å². The quantitative estimate of drug-likeness (QED) is 0.483. The number of amides is 1. The van der Waals surface area contributed by atoms with E-state index in [1.165, 1.54) is 12.1 Å². The van der Waals surface area contributed by atoms with E-state index < -0.39 is 16.1 Å². The van der Waals surface area contributed by atoms with Gasteiger partial charge in [-0.3, -0.25) is 9.52 Å². The molecule has 3 N–H and O–H groups in total. The number of fused-ring (bicyclic) bond motifs is 1. The molecule has 172 valence electrons. The lowest BCUT2D eigenvalue weighted by atomic mass is 10.2. The molecular formula is C24H25N3O5S. The molecular weight excluding hydrogens is 442 g/mol. The lowest BCUT2D eigenvalue weighted by Gasteiger charge is -2.16. The van der Waals surface area contributed by atoms with E-state index in [2.05, 4.69) is 15.4 Å². The highest BCUT2D eigenvalue weighted by molar-refractivity contribution is 7.92. The third-order valence-corrected chi connectivity index (χ3v) is 6.36. The van der Waals surface area contributed by atoms with Gasteiger partial charge >= 0.3 is 0 Å². The molecule has 0 aliphatic carbocycles. The van der Waals surface area contributed by atoms with Gasteiger partial charge in [0, 0.05) is 29.5 Å². The molecule has 3 aromatic carbocycles. The van der Waals surface area contributed by atoms with Crippen LogP contribution in [0.2, 0.25) is 0 Å². The minimum absolute atomic E-state index is 0.0835. The summed E-state index contributed by atoms with van der Waals surface area (Å²) in [5.74, 6) is 0.769. The van der Waals surface area contributed by atoms with Crippen LogP contribution in [0.4, 0.5) is 17.1 Å². The zero-order chi connectivity index (χ0) is 23.3. The maximum atomic E-state index is 12.8. The molecule has 1 unspecified atom stereocenters. The molecule has 4 rings (SSSR count). The van der Waals surface area contributed by atoms with Crippen molar-refractivity contribution in [3.05, 3.63) is 72.8 Å². The number of nitrogens with one attached hydrogen (secondary N) is 3. The summed E-state index contributed by atoms with van der Waals surface area (Å²) in [5.41, 5.74) is 1.80. The number of sulfonamides is 1. The van der Waals surface area contributed by atoms with E-state index in [1.807, 2.05) is 30.3 Å². The summed E-state index contributed by atoms with van der Waals surface area (Å²) in [4.78, 5) is 12.5. The van der Waals surface area contributed by atoms with Crippen molar-refractivity contribution in [3.8, 4) is 11.5 Å². The van der Waals surface area contributed by atoms with Crippen molar-refractivity contribution in [1.82, 2.24) is 0 Å². The predicted molar refractivity (Wildman–Crippen MR) is 127 cm³/mol. The number of ether oxygens (including phenoxy) is 2. The first-order chi connectivity index (χ1) is 15.9. The highest BCUT2D eigenvalue weighted by atomic mass is 32.2. The van der Waals surface area contributed by atoms with Crippen LogP contribution in [-0.4, -0.2) is 33.6 Å². The number of anilines is 3. The zero-order valence-corrected chi connectivity index (χ0v) is 18.9. The smallest absolute Gasteiger partial charge is 0.262 e. The molecule has 1 atom stereocenters. The Kier molecular flexibility index (Phi) is 6.69. The Morgan fingerprint density at radius 1 is 0.848 bits per heavy atom. The van der Waals surface area contributed by atoms with Crippen LogP contribution in [0.15, 0.2) is 77.7 Å². The first-order valence-electron chi connectivity index (χ1n) is 10.6. The van der Waals surface area contributed by atoms with Gasteiger partial charge < -0.3 is 20.1 Å². The topological polar surface area (TPSA) is 106 Å². The molecule has 0 saturated carbocycles. The number of carbonyl (C=O) groups is 1. The Hall–Kier alpha value is -3.72. The maximum Gasteiger partial charge on any atom is 0.262 e. The van der Waals surface area contributed by atoms with Gasteiger partial charge in [-0.2, -0.15) is 0 Å². The second kappa shape index (κ2) is 9.83. The molecule has 8 nitrogen and oxygen atoms in total. The number of carbonyl (C=O) groups excluding carboxylic acids is 1. The van der Waals surface area contributed by atoms with Crippen LogP contribution in [-0.2, 0) is 14.8 Å². The SMILES string of the molecule is CC(Nc1ccc(NS(=O)(=O)c2ccc3c(c2)OCCCO3)cc1)C(=O)Nc1ccccc1. The lowest BCUT2D eigenvalue weighted by molar-refractivity contribution is -0.116. The van der Waals surface area contributed by atoms with Gasteiger partial charge in [-0.15, -0.1) is 0 Å². The first-order valence-corrected chi connectivity index (χ1v) is 12.0. The van der Waals surface area contributed by atoms with Gasteiger partial charge in [0.2, 0.25) is 5.91 Å². The van der Waals surface area contributed by atoms with Crippen LogP contribution >= 0.6 is 0 Å². The fraction of sp³-hybridized carbons (Fsp3) is 0.208. The van der Waals surface area contributed by atoms with Crippen LogP contribution in [0.25, 0.3) is 0 Å². The van der Waals surface area contributed by atoms with Gasteiger partial charge in [0.15, 0.2) is 11.5 Å². The number of benzene rings is 3. The standard InChI is InChI=1S/C24H25N3O5S/c1-17(24(28)26-18-6-3-2-4-7-18)25-19-8-10-20(11-9-19)27-33(29,30)21-12-13-22-23(16-21)32-15-5-14-31-22/h2-4,6-13,16-17,25,27H,5,14-15H2,1H3,(H,26,28). The summed E-state index contributed by atoms with van der Waals surface area (Å²) in [5, 5.41) is 5.94. The van der Waals surface area contributed by atoms with Gasteiger partial charge in [-0.25, -0.2) is 8.42 Å². The molecule has 3 aromatic rings. The second-order valence-corrected chi connectivity index (χ2v) is 9.25. The molecule has 1 aliphatic heterocycles. The van der Waals surface area contributed by atoms with Gasteiger partial charge in [0.1, 0.15) is 6.04 Å². The van der Waals surface area contributed by atoms with Gasteiger partial charge in [-0.05, 0) is 55.5 Å². The highest BCUT2D eigenvalue weighted by Crippen LogP contribution is 2.32. The van der Waals surface area contributed by atoms with Crippen molar-refractivity contribution in [3.63, 3.8) is 0 Å². The normalized spacial score (nSPS) is 14.0. The van der Waals surface area contributed by atoms with E-state index in [-0.39, 0.29) is 10.8 Å². The molecule has 0 aromatic heterocycles. The van der Waals surface area contributed by atoms with E-state index in [9.17, 15) is 13.2 Å². The van der Waals surface area contributed by atoms with Gasteiger partial charge in [-0.1, -0.05) is 18.2 Å². The third kappa shape index (κ3) is 5.75. The monoisotopic (exact) mass is 467 g/mol. The van der Waals surface area contributed by atoms with E-state index in [4.69, 9.17) is 9.47 Å². The van der Waals surface area contributed by atoms with E-state index in [0.29, 0.717) is 36.1 Å². The van der Waals surface area contributed by atoms with Crippen LogP contribution < -0.4 is 24.8 Å². The maximum absolute atomic E-state index is 12.8. The molecule has 0 fully saturated rings. The van der Waals surface area contributed by atoms with E-state index in [1.54, 1.807) is 37.3 Å². The summed E-state index contributed by atoms with van der Waals surface area (Å²) in [6.07, 6.45) is 0.738.